The Morgan fingerprint density at radius 1 is 1.35 bits per heavy atom. The van der Waals surface area contributed by atoms with Crippen LogP contribution in [0.1, 0.15) is 22.3 Å². The molecular weight excluding hydrogens is 330 g/mol. The fraction of sp³-hybridized carbons (Fsp3) is 0.308. The van der Waals surface area contributed by atoms with E-state index < -0.39 is 30.3 Å². The number of carbonyl (C=O) groups is 3. The fourth-order valence-corrected chi connectivity index (χ4v) is 2.17. The monoisotopic (exact) mass is 343 g/mol. The first-order valence-corrected chi connectivity index (χ1v) is 6.50. The lowest BCUT2D eigenvalue weighted by molar-refractivity contribution is -0.147. The molecule has 0 unspecified atom stereocenters. The van der Waals surface area contributed by atoms with E-state index in [9.17, 15) is 14.4 Å². The van der Waals surface area contributed by atoms with Crippen LogP contribution in [-0.2, 0) is 14.3 Å². The van der Waals surface area contributed by atoms with E-state index in [1.807, 2.05) is 13.0 Å². The Labute approximate surface area is 124 Å². The molecule has 0 spiro atoms. The van der Waals surface area contributed by atoms with E-state index in [-0.39, 0.29) is 0 Å². The molecule has 0 saturated heterocycles. The molecule has 0 heterocycles. The van der Waals surface area contributed by atoms with Crippen LogP contribution in [0.2, 0.25) is 0 Å². The largest absolute Gasteiger partial charge is 0.480 e. The van der Waals surface area contributed by atoms with E-state index in [0.29, 0.717) is 10.0 Å². The lowest BCUT2D eigenvalue weighted by Gasteiger charge is -2.13. The van der Waals surface area contributed by atoms with Gasteiger partial charge < -0.3 is 15.2 Å². The van der Waals surface area contributed by atoms with Gasteiger partial charge in [0.25, 0.3) is 5.91 Å². The Balaban J connectivity index is 2.85. The van der Waals surface area contributed by atoms with Crippen LogP contribution < -0.4 is 5.32 Å². The minimum atomic E-state index is -1.32. The highest BCUT2D eigenvalue weighted by molar-refractivity contribution is 9.10. The molecule has 0 aliphatic heterocycles. The van der Waals surface area contributed by atoms with Crippen molar-refractivity contribution in [3.8, 4) is 0 Å². The standard InChI is InChI=1S/C13H14BrNO5/c1-7-3-8(5-9(14)4-7)12(17)15-10(13(18)19)6-11(16)20-2/h3-5,10H,6H2,1-2H3,(H,15,17)(H,18,19)/t10-/m0/s1. The van der Waals surface area contributed by atoms with E-state index in [1.54, 1.807) is 12.1 Å². The lowest BCUT2D eigenvalue weighted by Crippen LogP contribution is -2.42. The van der Waals surface area contributed by atoms with E-state index >= 15 is 0 Å². The zero-order valence-corrected chi connectivity index (χ0v) is 12.6. The van der Waals surface area contributed by atoms with E-state index in [4.69, 9.17) is 5.11 Å². The summed E-state index contributed by atoms with van der Waals surface area (Å²) in [6.07, 6.45) is -0.426. The summed E-state index contributed by atoms with van der Waals surface area (Å²) in [6, 6.07) is 3.69. The van der Waals surface area contributed by atoms with Gasteiger partial charge in [-0.1, -0.05) is 15.9 Å². The molecule has 1 atom stereocenters. The number of aryl methyl sites for hydroxylation is 1. The van der Waals surface area contributed by atoms with E-state index in [2.05, 4.69) is 26.0 Å². The second-order valence-corrected chi connectivity index (χ2v) is 5.08. The molecular formula is C13H14BrNO5. The summed E-state index contributed by atoms with van der Waals surface area (Å²) in [4.78, 5) is 34.1. The zero-order valence-electron chi connectivity index (χ0n) is 11.0. The number of hydrogen-bond donors (Lipinski definition) is 2. The molecule has 0 fully saturated rings. The number of halogens is 1. The third kappa shape index (κ3) is 4.65. The first-order chi connectivity index (χ1) is 9.33. The van der Waals surface area contributed by atoms with E-state index in [0.717, 1.165) is 12.7 Å². The average Bonchev–Trinajstić information content (AvgIpc) is 2.36. The van der Waals surface area contributed by atoms with Gasteiger partial charge in [0.1, 0.15) is 6.04 Å². The Hall–Kier alpha value is -1.89. The number of aliphatic carboxylic acids is 1. The van der Waals surface area contributed by atoms with Gasteiger partial charge in [-0.05, 0) is 30.7 Å². The highest BCUT2D eigenvalue weighted by atomic mass is 79.9. The second-order valence-electron chi connectivity index (χ2n) is 4.16. The first-order valence-electron chi connectivity index (χ1n) is 5.71. The summed E-state index contributed by atoms with van der Waals surface area (Å²) in [7, 11) is 1.15. The van der Waals surface area contributed by atoms with Crippen molar-refractivity contribution in [2.24, 2.45) is 0 Å². The third-order valence-corrected chi connectivity index (χ3v) is 2.96. The molecule has 0 radical (unpaired) electrons. The number of esters is 1. The molecule has 6 nitrogen and oxygen atoms in total. The van der Waals surface area contributed by atoms with Crippen molar-refractivity contribution in [1.82, 2.24) is 5.32 Å². The van der Waals surface area contributed by atoms with Crippen LogP contribution in [0.4, 0.5) is 0 Å². The van der Waals surface area contributed by atoms with Crippen LogP contribution in [0.25, 0.3) is 0 Å². The number of benzene rings is 1. The number of methoxy groups -OCH3 is 1. The number of carbonyl (C=O) groups excluding carboxylic acids is 2. The Bertz CT molecular complexity index is 523. The van der Waals surface area contributed by atoms with Gasteiger partial charge in [0.15, 0.2) is 0 Å². The molecule has 0 aromatic heterocycles. The molecule has 7 heteroatoms. The second kappa shape index (κ2) is 7.04. The third-order valence-electron chi connectivity index (χ3n) is 2.51. The van der Waals surface area contributed by atoms with Crippen LogP contribution >= 0.6 is 15.9 Å². The van der Waals surface area contributed by atoms with Crippen molar-refractivity contribution in [3.63, 3.8) is 0 Å². The van der Waals surface area contributed by atoms with Crippen LogP contribution in [-0.4, -0.2) is 36.1 Å². The molecule has 0 aliphatic rings. The number of rotatable bonds is 5. The molecule has 1 aromatic rings. The number of ether oxygens (including phenoxy) is 1. The predicted molar refractivity (Wildman–Crippen MR) is 74.4 cm³/mol. The van der Waals surface area contributed by atoms with Gasteiger partial charge in [-0.25, -0.2) is 4.79 Å². The molecule has 1 aromatic carbocycles. The minimum absolute atomic E-state index is 0.313. The van der Waals surface area contributed by atoms with Gasteiger partial charge in [-0.3, -0.25) is 9.59 Å². The number of nitrogens with one attached hydrogen (secondary N) is 1. The topological polar surface area (TPSA) is 92.7 Å². The summed E-state index contributed by atoms with van der Waals surface area (Å²) in [6.45, 7) is 1.81. The SMILES string of the molecule is COC(=O)C[C@H](NC(=O)c1cc(C)cc(Br)c1)C(=O)O. The number of carboxylic acid groups (broad SMARTS) is 1. The highest BCUT2D eigenvalue weighted by Gasteiger charge is 2.24. The molecule has 0 bridgehead atoms. The van der Waals surface area contributed by atoms with Gasteiger partial charge in [-0.2, -0.15) is 0 Å². The zero-order chi connectivity index (χ0) is 15.3. The van der Waals surface area contributed by atoms with Crippen molar-refractivity contribution < 1.29 is 24.2 Å². The average molecular weight is 344 g/mol. The Morgan fingerprint density at radius 2 is 2.00 bits per heavy atom. The Morgan fingerprint density at radius 3 is 2.50 bits per heavy atom. The highest BCUT2D eigenvalue weighted by Crippen LogP contribution is 2.15. The molecule has 1 rings (SSSR count). The molecule has 20 heavy (non-hydrogen) atoms. The quantitative estimate of drug-likeness (QED) is 0.790. The molecule has 108 valence electrons. The number of amides is 1. The smallest absolute Gasteiger partial charge is 0.326 e. The van der Waals surface area contributed by atoms with E-state index in [1.165, 1.54) is 0 Å². The summed E-state index contributed by atoms with van der Waals surface area (Å²) in [5.74, 6) is -2.57. The van der Waals surface area contributed by atoms with Crippen LogP contribution in [0, 0.1) is 6.92 Å². The van der Waals surface area contributed by atoms with Crippen molar-refractivity contribution in [1.29, 1.82) is 0 Å². The number of carboxylic acids is 1. The lowest BCUT2D eigenvalue weighted by atomic mass is 10.1. The molecule has 1 amide bonds. The fourth-order valence-electron chi connectivity index (χ4n) is 1.56. The molecule has 2 N–H and O–H groups in total. The maximum Gasteiger partial charge on any atom is 0.326 e. The van der Waals surface area contributed by atoms with Gasteiger partial charge >= 0.3 is 11.9 Å². The van der Waals surface area contributed by atoms with Crippen LogP contribution in [0.3, 0.4) is 0 Å². The maximum atomic E-state index is 12.0. The summed E-state index contributed by atoms with van der Waals surface area (Å²) in [5.41, 5.74) is 1.16. The van der Waals surface area contributed by atoms with Crippen LogP contribution in [0.15, 0.2) is 22.7 Å². The van der Waals surface area contributed by atoms with Gasteiger partial charge in [0.2, 0.25) is 0 Å². The summed E-state index contributed by atoms with van der Waals surface area (Å²) in [5, 5.41) is 11.3. The summed E-state index contributed by atoms with van der Waals surface area (Å²) >= 11 is 3.26. The minimum Gasteiger partial charge on any atom is -0.480 e. The Kier molecular flexibility index (Phi) is 5.69. The maximum absolute atomic E-state index is 12.0. The summed E-state index contributed by atoms with van der Waals surface area (Å²) < 4.78 is 5.11. The van der Waals surface area contributed by atoms with Crippen LogP contribution in [0.5, 0.6) is 0 Å². The van der Waals surface area contributed by atoms with Gasteiger partial charge in [-0.15, -0.1) is 0 Å². The van der Waals surface area contributed by atoms with Crippen molar-refractivity contribution in [2.45, 2.75) is 19.4 Å². The first kappa shape index (κ1) is 16.2. The van der Waals surface area contributed by atoms with Crippen molar-refractivity contribution in [3.05, 3.63) is 33.8 Å². The molecule has 0 aliphatic carbocycles. The normalized spacial score (nSPS) is 11.6. The van der Waals surface area contributed by atoms with Gasteiger partial charge in [0.05, 0.1) is 13.5 Å². The predicted octanol–water partition coefficient (Wildman–Crippen LogP) is 1.50. The molecule has 0 saturated carbocycles. The van der Waals surface area contributed by atoms with Crippen molar-refractivity contribution in [2.75, 3.05) is 7.11 Å². The number of hydrogen-bond acceptors (Lipinski definition) is 4. The van der Waals surface area contributed by atoms with Crippen molar-refractivity contribution >= 4 is 33.8 Å². The van der Waals surface area contributed by atoms with Gasteiger partial charge in [0, 0.05) is 10.0 Å².